The fraction of sp³-hybridized carbons (Fsp3) is 0.444. The van der Waals surface area contributed by atoms with Crippen LogP contribution in [0.25, 0.3) is 11.3 Å². The van der Waals surface area contributed by atoms with E-state index in [0.717, 1.165) is 42.9 Å². The summed E-state index contributed by atoms with van der Waals surface area (Å²) < 4.78 is 0. The smallest absolute Gasteiger partial charge is 0.232 e. The second-order valence-electron chi connectivity index (χ2n) is 6.70. The Labute approximate surface area is 134 Å². The lowest BCUT2D eigenvalue weighted by molar-refractivity contribution is -0.126. The fourth-order valence-corrected chi connectivity index (χ4v) is 4.62. The molecular weight excluding hydrogens is 292 g/mol. The van der Waals surface area contributed by atoms with Crippen LogP contribution in [0.5, 0.6) is 0 Å². The number of nitrogens with one attached hydrogen (secondary N) is 1. The molecule has 0 radical (unpaired) electrons. The minimum atomic E-state index is -0.216. The quantitative estimate of drug-likeness (QED) is 0.750. The standard InChI is InChI=1S/C18H20N2OS/c1-18(9-5-2-6-10-18)16(21)20-17-19-15-13-8-4-3-7-12(13)11-14(15)22-17/h3-4,7-8H,2,5-6,9-11H2,1H3,(H,19,20,21). The predicted octanol–water partition coefficient (Wildman–Crippen LogP) is 4.62. The van der Waals surface area contributed by atoms with Crippen LogP contribution in [0.3, 0.4) is 0 Å². The van der Waals surface area contributed by atoms with Crippen molar-refractivity contribution in [2.24, 2.45) is 5.41 Å². The summed E-state index contributed by atoms with van der Waals surface area (Å²) >= 11 is 1.63. The van der Waals surface area contributed by atoms with E-state index >= 15 is 0 Å². The van der Waals surface area contributed by atoms with Crippen LogP contribution in [0.4, 0.5) is 5.13 Å². The summed E-state index contributed by atoms with van der Waals surface area (Å²) in [6, 6.07) is 8.40. The number of carbonyl (C=O) groups is 1. The lowest BCUT2D eigenvalue weighted by atomic mass is 9.75. The molecule has 1 fully saturated rings. The molecule has 2 aromatic rings. The highest BCUT2D eigenvalue weighted by atomic mass is 32.1. The van der Waals surface area contributed by atoms with Crippen LogP contribution in [0.1, 0.15) is 49.5 Å². The molecule has 0 unspecified atom stereocenters. The fourth-order valence-electron chi connectivity index (χ4n) is 3.62. The number of hydrogen-bond acceptors (Lipinski definition) is 3. The van der Waals surface area contributed by atoms with Crippen LogP contribution in [0.2, 0.25) is 0 Å². The van der Waals surface area contributed by atoms with Gasteiger partial charge in [0, 0.05) is 22.3 Å². The summed E-state index contributed by atoms with van der Waals surface area (Å²) in [6.45, 7) is 2.10. The van der Waals surface area contributed by atoms with E-state index in [1.807, 2.05) is 0 Å². The number of benzene rings is 1. The second kappa shape index (κ2) is 5.20. The van der Waals surface area contributed by atoms with Gasteiger partial charge in [-0.25, -0.2) is 4.98 Å². The number of aromatic nitrogens is 1. The number of hydrogen-bond donors (Lipinski definition) is 1. The molecule has 4 rings (SSSR count). The van der Waals surface area contributed by atoms with Gasteiger partial charge in [-0.15, -0.1) is 11.3 Å². The van der Waals surface area contributed by atoms with E-state index in [1.54, 1.807) is 11.3 Å². The van der Waals surface area contributed by atoms with Crippen LogP contribution < -0.4 is 5.32 Å². The first kappa shape index (κ1) is 13.9. The van der Waals surface area contributed by atoms with Gasteiger partial charge in [0.25, 0.3) is 0 Å². The minimum Gasteiger partial charge on any atom is -0.301 e. The van der Waals surface area contributed by atoms with E-state index in [2.05, 4.69) is 41.5 Å². The van der Waals surface area contributed by atoms with Gasteiger partial charge in [0.1, 0.15) is 0 Å². The minimum absolute atomic E-state index is 0.146. The van der Waals surface area contributed by atoms with Gasteiger partial charge < -0.3 is 5.32 Å². The zero-order valence-corrected chi connectivity index (χ0v) is 13.6. The maximum Gasteiger partial charge on any atom is 0.232 e. The number of carbonyl (C=O) groups excluding carboxylic acids is 1. The van der Waals surface area contributed by atoms with Gasteiger partial charge >= 0.3 is 0 Å². The number of anilines is 1. The zero-order valence-electron chi connectivity index (χ0n) is 12.8. The maximum atomic E-state index is 12.6. The topological polar surface area (TPSA) is 42.0 Å². The van der Waals surface area contributed by atoms with E-state index in [9.17, 15) is 4.79 Å². The first-order valence-corrected chi connectivity index (χ1v) is 8.87. The first-order valence-electron chi connectivity index (χ1n) is 8.05. The molecule has 1 aromatic carbocycles. The Morgan fingerprint density at radius 3 is 2.82 bits per heavy atom. The molecule has 1 amide bonds. The third kappa shape index (κ3) is 2.26. The summed E-state index contributed by atoms with van der Waals surface area (Å²) in [7, 11) is 0. The van der Waals surface area contributed by atoms with E-state index in [1.165, 1.54) is 22.4 Å². The number of rotatable bonds is 2. The third-order valence-corrected chi connectivity index (χ3v) is 6.02. The Hall–Kier alpha value is -1.68. The Bertz CT molecular complexity index is 728. The van der Waals surface area contributed by atoms with Crippen LogP contribution in [-0.2, 0) is 11.2 Å². The van der Waals surface area contributed by atoms with Gasteiger partial charge in [-0.05, 0) is 18.4 Å². The molecule has 1 N–H and O–H groups in total. The summed E-state index contributed by atoms with van der Waals surface area (Å²) in [6.07, 6.45) is 6.50. The van der Waals surface area contributed by atoms with E-state index in [0.29, 0.717) is 0 Å². The second-order valence-corrected chi connectivity index (χ2v) is 7.78. The molecule has 3 nitrogen and oxygen atoms in total. The molecule has 2 aliphatic rings. The SMILES string of the molecule is CC1(C(=O)Nc2nc3c(s2)Cc2ccccc2-3)CCCCC1. The lowest BCUT2D eigenvalue weighted by Gasteiger charge is -2.31. The molecule has 114 valence electrons. The van der Waals surface area contributed by atoms with Gasteiger partial charge in [-0.3, -0.25) is 4.79 Å². The van der Waals surface area contributed by atoms with E-state index in [-0.39, 0.29) is 11.3 Å². The van der Waals surface area contributed by atoms with Gasteiger partial charge in [-0.1, -0.05) is 50.5 Å². The highest BCUT2D eigenvalue weighted by molar-refractivity contribution is 7.16. The number of thiazole rings is 1. The Balaban J connectivity index is 1.55. The summed E-state index contributed by atoms with van der Waals surface area (Å²) in [5.41, 5.74) is 3.41. The average Bonchev–Trinajstić information content (AvgIpc) is 3.05. The summed E-state index contributed by atoms with van der Waals surface area (Å²) in [5.74, 6) is 0.146. The number of amides is 1. The molecule has 0 bridgehead atoms. The number of fused-ring (bicyclic) bond motifs is 3. The van der Waals surface area contributed by atoms with E-state index < -0.39 is 0 Å². The predicted molar refractivity (Wildman–Crippen MR) is 90.2 cm³/mol. The molecule has 0 saturated heterocycles. The van der Waals surface area contributed by atoms with Crippen LogP contribution >= 0.6 is 11.3 Å². The third-order valence-electron chi connectivity index (χ3n) is 5.05. The van der Waals surface area contributed by atoms with Crippen molar-refractivity contribution < 1.29 is 4.79 Å². The van der Waals surface area contributed by atoms with Gasteiger partial charge in [-0.2, -0.15) is 0 Å². The van der Waals surface area contributed by atoms with Crippen LogP contribution in [-0.4, -0.2) is 10.9 Å². The Kier molecular flexibility index (Phi) is 3.30. The normalized spacial score (nSPS) is 18.6. The monoisotopic (exact) mass is 312 g/mol. The highest BCUT2D eigenvalue weighted by Gasteiger charge is 2.35. The van der Waals surface area contributed by atoms with Crippen molar-refractivity contribution in [3.05, 3.63) is 34.7 Å². The van der Waals surface area contributed by atoms with Crippen molar-refractivity contribution in [1.29, 1.82) is 0 Å². The van der Waals surface area contributed by atoms with Crippen molar-refractivity contribution in [2.75, 3.05) is 5.32 Å². The molecule has 1 heterocycles. The average molecular weight is 312 g/mol. The molecule has 0 spiro atoms. The van der Waals surface area contributed by atoms with E-state index in [4.69, 9.17) is 0 Å². The van der Waals surface area contributed by atoms with Gasteiger partial charge in [0.2, 0.25) is 5.91 Å². The Morgan fingerprint density at radius 1 is 1.23 bits per heavy atom. The number of nitrogens with zero attached hydrogens (tertiary/aromatic N) is 1. The molecule has 0 aliphatic heterocycles. The summed E-state index contributed by atoms with van der Waals surface area (Å²) in [5, 5.41) is 3.84. The Morgan fingerprint density at radius 2 is 2.00 bits per heavy atom. The lowest BCUT2D eigenvalue weighted by Crippen LogP contribution is -2.35. The molecule has 0 atom stereocenters. The largest absolute Gasteiger partial charge is 0.301 e. The van der Waals surface area contributed by atoms with Gasteiger partial charge in [0.05, 0.1) is 5.69 Å². The molecule has 1 aromatic heterocycles. The molecular formula is C18H20N2OS. The highest BCUT2D eigenvalue weighted by Crippen LogP contribution is 2.42. The van der Waals surface area contributed by atoms with Crippen molar-refractivity contribution in [2.45, 2.75) is 45.4 Å². The van der Waals surface area contributed by atoms with Crippen LogP contribution in [0.15, 0.2) is 24.3 Å². The molecule has 2 aliphatic carbocycles. The van der Waals surface area contributed by atoms with Gasteiger partial charge in [0.15, 0.2) is 5.13 Å². The van der Waals surface area contributed by atoms with Crippen molar-refractivity contribution >= 4 is 22.4 Å². The van der Waals surface area contributed by atoms with Crippen LogP contribution in [0, 0.1) is 5.41 Å². The summed E-state index contributed by atoms with van der Waals surface area (Å²) in [4.78, 5) is 18.6. The molecule has 22 heavy (non-hydrogen) atoms. The van der Waals surface area contributed by atoms with Crippen molar-refractivity contribution in [3.8, 4) is 11.3 Å². The van der Waals surface area contributed by atoms with Crippen molar-refractivity contribution in [1.82, 2.24) is 4.98 Å². The zero-order chi connectivity index (χ0) is 15.2. The van der Waals surface area contributed by atoms with Crippen molar-refractivity contribution in [3.63, 3.8) is 0 Å². The molecule has 4 heteroatoms. The molecule has 1 saturated carbocycles. The first-order chi connectivity index (χ1) is 10.7. The maximum absolute atomic E-state index is 12.6.